The molecule has 2 aliphatic rings. The molecule has 0 bridgehead atoms. The molecule has 7 heteroatoms. The smallest absolute Gasteiger partial charge is 0.255 e. The van der Waals surface area contributed by atoms with E-state index in [2.05, 4.69) is 0 Å². The largest absolute Gasteiger partial charge is 0.356 e. The Kier molecular flexibility index (Phi) is 4.09. The van der Waals surface area contributed by atoms with Gasteiger partial charge in [0.25, 0.3) is 23.6 Å². The fourth-order valence-corrected chi connectivity index (χ4v) is 1.93. The molecule has 1 unspecified atom stereocenters. The van der Waals surface area contributed by atoms with E-state index in [1.165, 1.54) is 0 Å². The first-order chi connectivity index (χ1) is 9.54. The summed E-state index contributed by atoms with van der Waals surface area (Å²) in [5.41, 5.74) is 0. The van der Waals surface area contributed by atoms with Gasteiger partial charge >= 0.3 is 0 Å². The second-order valence-corrected chi connectivity index (χ2v) is 4.33. The third-order valence-electron chi connectivity index (χ3n) is 2.89. The van der Waals surface area contributed by atoms with Gasteiger partial charge in [0.2, 0.25) is 0 Å². The number of carbonyl (C=O) groups is 4. The molecule has 0 aromatic rings. The summed E-state index contributed by atoms with van der Waals surface area (Å²) in [7, 11) is 0. The Morgan fingerprint density at radius 1 is 0.950 bits per heavy atom. The number of hydrogen-bond acceptors (Lipinski definition) is 5. The lowest BCUT2D eigenvalue weighted by atomic mass is 10.4. The van der Waals surface area contributed by atoms with Gasteiger partial charge in [-0.05, 0) is 6.42 Å². The van der Waals surface area contributed by atoms with Crippen LogP contribution < -0.4 is 0 Å². The third-order valence-corrected chi connectivity index (χ3v) is 2.89. The molecule has 0 saturated heterocycles. The number of imide groups is 2. The van der Waals surface area contributed by atoms with Crippen LogP contribution in [0.1, 0.15) is 13.3 Å². The summed E-state index contributed by atoms with van der Waals surface area (Å²) in [5, 5.41) is 0. The van der Waals surface area contributed by atoms with Crippen LogP contribution in [-0.4, -0.2) is 52.8 Å². The van der Waals surface area contributed by atoms with Gasteiger partial charge in [0.1, 0.15) is 0 Å². The first-order valence-electron chi connectivity index (χ1n) is 6.25. The SMILES string of the molecule is CCCOC(CN1C(=O)C=CC1=O)N1C(=O)C=CC1=O. The summed E-state index contributed by atoms with van der Waals surface area (Å²) in [6, 6.07) is 0. The molecule has 0 aromatic heterocycles. The van der Waals surface area contributed by atoms with Crippen LogP contribution in [0.15, 0.2) is 24.3 Å². The van der Waals surface area contributed by atoms with Gasteiger partial charge in [-0.25, -0.2) is 4.90 Å². The Morgan fingerprint density at radius 2 is 1.45 bits per heavy atom. The highest BCUT2D eigenvalue weighted by atomic mass is 16.5. The van der Waals surface area contributed by atoms with Crippen LogP contribution in [0.25, 0.3) is 0 Å². The molecule has 0 saturated carbocycles. The molecule has 0 fully saturated rings. The van der Waals surface area contributed by atoms with Gasteiger partial charge in [0.15, 0.2) is 6.23 Å². The number of carbonyl (C=O) groups excluding carboxylic acids is 4. The molecule has 20 heavy (non-hydrogen) atoms. The molecule has 1 atom stereocenters. The van der Waals surface area contributed by atoms with Gasteiger partial charge in [0.05, 0.1) is 6.54 Å². The van der Waals surface area contributed by atoms with E-state index < -0.39 is 29.9 Å². The van der Waals surface area contributed by atoms with Crippen molar-refractivity contribution in [2.75, 3.05) is 13.2 Å². The fraction of sp³-hybridized carbons (Fsp3) is 0.385. The van der Waals surface area contributed by atoms with Crippen LogP contribution >= 0.6 is 0 Å². The molecule has 0 radical (unpaired) electrons. The fourth-order valence-electron chi connectivity index (χ4n) is 1.93. The van der Waals surface area contributed by atoms with Gasteiger partial charge in [-0.1, -0.05) is 6.92 Å². The number of hydrogen-bond donors (Lipinski definition) is 0. The first kappa shape index (κ1) is 14.1. The Balaban J connectivity index is 2.12. The topological polar surface area (TPSA) is 84.0 Å². The zero-order valence-corrected chi connectivity index (χ0v) is 10.9. The normalized spacial score (nSPS) is 19.6. The van der Waals surface area contributed by atoms with E-state index >= 15 is 0 Å². The van der Waals surface area contributed by atoms with E-state index in [4.69, 9.17) is 4.74 Å². The molecule has 0 aliphatic carbocycles. The Labute approximate surface area is 115 Å². The Morgan fingerprint density at radius 3 is 1.95 bits per heavy atom. The molecule has 0 N–H and O–H groups in total. The van der Waals surface area contributed by atoms with Crippen molar-refractivity contribution in [2.45, 2.75) is 19.6 Å². The first-order valence-corrected chi connectivity index (χ1v) is 6.25. The molecule has 2 aliphatic heterocycles. The quantitative estimate of drug-likeness (QED) is 0.617. The molecule has 0 spiro atoms. The van der Waals surface area contributed by atoms with E-state index in [0.717, 1.165) is 34.1 Å². The maximum atomic E-state index is 11.7. The maximum absolute atomic E-state index is 11.7. The van der Waals surface area contributed by atoms with Gasteiger partial charge in [-0.15, -0.1) is 0 Å². The van der Waals surface area contributed by atoms with Crippen LogP contribution in [0.4, 0.5) is 0 Å². The zero-order valence-electron chi connectivity index (χ0n) is 10.9. The second-order valence-electron chi connectivity index (χ2n) is 4.33. The summed E-state index contributed by atoms with van der Waals surface area (Å²) >= 11 is 0. The number of ether oxygens (including phenoxy) is 1. The van der Waals surface area contributed by atoms with Gasteiger partial charge in [-0.3, -0.25) is 24.1 Å². The molecular weight excluding hydrogens is 264 g/mol. The zero-order chi connectivity index (χ0) is 14.7. The van der Waals surface area contributed by atoms with Gasteiger partial charge in [0, 0.05) is 30.9 Å². The van der Waals surface area contributed by atoms with Crippen molar-refractivity contribution in [1.29, 1.82) is 0 Å². The van der Waals surface area contributed by atoms with Crippen LogP contribution in [-0.2, 0) is 23.9 Å². The van der Waals surface area contributed by atoms with Crippen molar-refractivity contribution < 1.29 is 23.9 Å². The molecular formula is C13H14N2O5. The van der Waals surface area contributed by atoms with Crippen LogP contribution in [0.2, 0.25) is 0 Å². The van der Waals surface area contributed by atoms with Crippen molar-refractivity contribution in [3.63, 3.8) is 0 Å². The standard InChI is InChI=1S/C13H14N2O5/c1-2-7-20-13(15-11(18)5-6-12(15)19)8-14-9(16)3-4-10(14)17/h3-6,13H,2,7-8H2,1H3. The highest BCUT2D eigenvalue weighted by Crippen LogP contribution is 2.14. The Hall–Kier alpha value is -2.28. The number of nitrogens with zero attached hydrogens (tertiary/aromatic N) is 2. The second kappa shape index (κ2) is 5.79. The van der Waals surface area contributed by atoms with E-state index in [9.17, 15) is 19.2 Å². The molecule has 2 rings (SSSR count). The van der Waals surface area contributed by atoms with Crippen LogP contribution in [0.3, 0.4) is 0 Å². The average molecular weight is 278 g/mol. The predicted octanol–water partition coefficient (Wildman–Crippen LogP) is -0.411. The van der Waals surface area contributed by atoms with Crippen molar-refractivity contribution in [3.8, 4) is 0 Å². The molecule has 106 valence electrons. The summed E-state index contributed by atoms with van der Waals surface area (Å²) < 4.78 is 5.44. The van der Waals surface area contributed by atoms with E-state index in [1.54, 1.807) is 0 Å². The number of rotatable bonds is 6. The van der Waals surface area contributed by atoms with Crippen LogP contribution in [0, 0.1) is 0 Å². The monoisotopic (exact) mass is 278 g/mol. The highest BCUT2D eigenvalue weighted by Gasteiger charge is 2.36. The third kappa shape index (κ3) is 2.67. The Bertz CT molecular complexity index is 487. The lowest BCUT2D eigenvalue weighted by molar-refractivity contribution is -0.159. The summed E-state index contributed by atoms with van der Waals surface area (Å²) in [6.07, 6.45) is 4.28. The van der Waals surface area contributed by atoms with E-state index in [1.807, 2.05) is 6.92 Å². The number of amides is 4. The van der Waals surface area contributed by atoms with Crippen LogP contribution in [0.5, 0.6) is 0 Å². The molecule has 4 amide bonds. The van der Waals surface area contributed by atoms with Crippen molar-refractivity contribution >= 4 is 23.6 Å². The minimum Gasteiger partial charge on any atom is -0.356 e. The molecule has 0 aromatic carbocycles. The lowest BCUT2D eigenvalue weighted by Gasteiger charge is -2.29. The van der Waals surface area contributed by atoms with E-state index in [0.29, 0.717) is 13.0 Å². The predicted molar refractivity (Wildman–Crippen MR) is 66.9 cm³/mol. The highest BCUT2D eigenvalue weighted by molar-refractivity contribution is 6.14. The van der Waals surface area contributed by atoms with Crippen molar-refractivity contribution in [3.05, 3.63) is 24.3 Å². The minimum atomic E-state index is -0.960. The lowest BCUT2D eigenvalue weighted by Crippen LogP contribution is -2.50. The summed E-state index contributed by atoms with van der Waals surface area (Å²) in [6.45, 7) is 2.02. The average Bonchev–Trinajstić information content (AvgIpc) is 2.91. The summed E-state index contributed by atoms with van der Waals surface area (Å²) in [4.78, 5) is 48.2. The maximum Gasteiger partial charge on any atom is 0.255 e. The van der Waals surface area contributed by atoms with Crippen molar-refractivity contribution in [1.82, 2.24) is 9.80 Å². The minimum absolute atomic E-state index is 0.163. The van der Waals surface area contributed by atoms with Gasteiger partial charge < -0.3 is 4.74 Å². The van der Waals surface area contributed by atoms with Crippen molar-refractivity contribution in [2.24, 2.45) is 0 Å². The van der Waals surface area contributed by atoms with Gasteiger partial charge in [-0.2, -0.15) is 0 Å². The molecule has 7 nitrogen and oxygen atoms in total. The summed E-state index contributed by atoms with van der Waals surface area (Å²) in [5.74, 6) is -1.98. The molecule has 2 heterocycles. The van der Waals surface area contributed by atoms with E-state index in [-0.39, 0.29) is 6.54 Å².